The quantitative estimate of drug-likeness (QED) is 0.643. The van der Waals surface area contributed by atoms with E-state index in [1.807, 2.05) is 6.92 Å². The van der Waals surface area contributed by atoms with Crippen molar-refractivity contribution in [2.24, 2.45) is 0 Å². The summed E-state index contributed by atoms with van der Waals surface area (Å²) < 4.78 is 0. The molecule has 0 saturated carbocycles. The number of nitrogens with zero attached hydrogens (tertiary/aromatic N) is 1. The predicted molar refractivity (Wildman–Crippen MR) is 46.9 cm³/mol. The van der Waals surface area contributed by atoms with E-state index in [0.29, 0.717) is 25.7 Å². The molecule has 4 nitrogen and oxygen atoms in total. The van der Waals surface area contributed by atoms with E-state index in [1.54, 1.807) is 0 Å². The van der Waals surface area contributed by atoms with E-state index >= 15 is 0 Å². The molecule has 4 heteroatoms. The Kier molecular flexibility index (Phi) is 3.42. The Morgan fingerprint density at radius 1 is 1.38 bits per heavy atom. The van der Waals surface area contributed by atoms with Crippen LogP contribution >= 0.6 is 0 Å². The van der Waals surface area contributed by atoms with Gasteiger partial charge in [-0.15, -0.1) is 0 Å². The number of amides is 2. The van der Waals surface area contributed by atoms with Crippen LogP contribution in [-0.2, 0) is 9.59 Å². The molecule has 1 rings (SSSR count). The Balaban J connectivity index is 2.72. The van der Waals surface area contributed by atoms with Gasteiger partial charge in [0.15, 0.2) is 0 Å². The van der Waals surface area contributed by atoms with Crippen LogP contribution in [0.1, 0.15) is 32.6 Å². The molecule has 0 aliphatic carbocycles. The molecule has 1 saturated heterocycles. The first-order valence-electron chi connectivity index (χ1n) is 4.66. The van der Waals surface area contributed by atoms with Gasteiger partial charge in [0.05, 0.1) is 12.6 Å². The molecule has 13 heavy (non-hydrogen) atoms. The number of carbonyl (C=O) groups excluding carboxylic acids is 2. The van der Waals surface area contributed by atoms with Crippen LogP contribution in [0.2, 0.25) is 0 Å². The van der Waals surface area contributed by atoms with Crippen molar-refractivity contribution in [2.75, 3.05) is 6.61 Å². The lowest BCUT2D eigenvalue weighted by Gasteiger charge is -2.31. The number of likely N-dealkylation sites (tertiary alicyclic amines) is 1. The second kappa shape index (κ2) is 4.37. The van der Waals surface area contributed by atoms with Crippen LogP contribution < -0.4 is 0 Å². The molecule has 74 valence electrons. The third-order valence-electron chi connectivity index (χ3n) is 2.37. The summed E-state index contributed by atoms with van der Waals surface area (Å²) in [7, 11) is 0. The molecule has 0 aromatic rings. The van der Waals surface area contributed by atoms with E-state index in [9.17, 15) is 9.59 Å². The van der Waals surface area contributed by atoms with Crippen molar-refractivity contribution >= 4 is 11.8 Å². The maximum absolute atomic E-state index is 11.4. The number of rotatable bonds is 3. The summed E-state index contributed by atoms with van der Waals surface area (Å²) in [5, 5.41) is 8.97. The molecular weight excluding hydrogens is 170 g/mol. The van der Waals surface area contributed by atoms with Gasteiger partial charge in [0.1, 0.15) is 0 Å². The van der Waals surface area contributed by atoms with Gasteiger partial charge >= 0.3 is 0 Å². The molecule has 0 bridgehead atoms. The van der Waals surface area contributed by atoms with E-state index in [2.05, 4.69) is 0 Å². The van der Waals surface area contributed by atoms with Gasteiger partial charge in [0.2, 0.25) is 11.8 Å². The fourth-order valence-corrected chi connectivity index (χ4v) is 1.57. The van der Waals surface area contributed by atoms with Crippen LogP contribution in [0.25, 0.3) is 0 Å². The highest BCUT2D eigenvalue weighted by atomic mass is 16.3. The SMILES string of the molecule is CCC(CO)N1C(=O)CCCC1=O. The van der Waals surface area contributed by atoms with Gasteiger partial charge < -0.3 is 5.11 Å². The largest absolute Gasteiger partial charge is 0.394 e. The third kappa shape index (κ3) is 2.06. The minimum atomic E-state index is -0.319. The van der Waals surface area contributed by atoms with E-state index < -0.39 is 0 Å². The van der Waals surface area contributed by atoms with Gasteiger partial charge in [-0.05, 0) is 12.8 Å². The molecule has 0 radical (unpaired) electrons. The van der Waals surface area contributed by atoms with E-state index in [1.165, 1.54) is 4.90 Å². The van der Waals surface area contributed by atoms with Crippen LogP contribution in [0.4, 0.5) is 0 Å². The molecular formula is C9H15NO3. The fraction of sp³-hybridized carbons (Fsp3) is 0.778. The topological polar surface area (TPSA) is 57.6 Å². The second-order valence-corrected chi connectivity index (χ2v) is 3.26. The molecule has 1 aliphatic rings. The first-order chi connectivity index (χ1) is 6.20. The lowest BCUT2D eigenvalue weighted by atomic mass is 10.1. The maximum Gasteiger partial charge on any atom is 0.229 e. The monoisotopic (exact) mass is 185 g/mol. The van der Waals surface area contributed by atoms with Gasteiger partial charge in [-0.25, -0.2) is 0 Å². The average Bonchev–Trinajstić information content (AvgIpc) is 2.11. The smallest absolute Gasteiger partial charge is 0.229 e. The molecule has 1 fully saturated rings. The average molecular weight is 185 g/mol. The number of piperidine rings is 1. The summed E-state index contributed by atoms with van der Waals surface area (Å²) in [5.74, 6) is -0.283. The normalized spacial score (nSPS) is 20.6. The Morgan fingerprint density at radius 2 is 1.92 bits per heavy atom. The lowest BCUT2D eigenvalue weighted by Crippen LogP contribution is -2.48. The van der Waals surface area contributed by atoms with Crippen molar-refractivity contribution in [3.63, 3.8) is 0 Å². The minimum absolute atomic E-state index is 0.131. The standard InChI is InChI=1S/C9H15NO3/c1-2-7(6-11)10-8(12)4-3-5-9(10)13/h7,11H,2-6H2,1H3. The predicted octanol–water partition coefficient (Wildman–Crippen LogP) is 0.296. The summed E-state index contributed by atoms with van der Waals surface area (Å²) in [6, 6.07) is -0.319. The molecule has 2 amide bonds. The van der Waals surface area contributed by atoms with E-state index in [0.717, 1.165) is 0 Å². The molecule has 1 unspecified atom stereocenters. The maximum atomic E-state index is 11.4. The third-order valence-corrected chi connectivity index (χ3v) is 2.37. The minimum Gasteiger partial charge on any atom is -0.394 e. The van der Waals surface area contributed by atoms with Crippen molar-refractivity contribution < 1.29 is 14.7 Å². The van der Waals surface area contributed by atoms with Gasteiger partial charge in [0.25, 0.3) is 0 Å². The Morgan fingerprint density at radius 3 is 2.31 bits per heavy atom. The summed E-state index contributed by atoms with van der Waals surface area (Å²) in [4.78, 5) is 23.9. The van der Waals surface area contributed by atoms with Crippen LogP contribution in [0.5, 0.6) is 0 Å². The molecule has 0 aromatic heterocycles. The van der Waals surface area contributed by atoms with Crippen LogP contribution in [0.15, 0.2) is 0 Å². The van der Waals surface area contributed by atoms with Gasteiger partial charge in [0, 0.05) is 12.8 Å². The summed E-state index contributed by atoms with van der Waals surface area (Å²) in [5.41, 5.74) is 0. The molecule has 1 aliphatic heterocycles. The lowest BCUT2D eigenvalue weighted by molar-refractivity contribution is -0.152. The van der Waals surface area contributed by atoms with Crippen LogP contribution in [0, 0.1) is 0 Å². The molecule has 1 heterocycles. The van der Waals surface area contributed by atoms with Gasteiger partial charge in [-0.3, -0.25) is 14.5 Å². The summed E-state index contributed by atoms with van der Waals surface area (Å²) in [6.07, 6.45) is 2.13. The molecule has 0 spiro atoms. The Labute approximate surface area is 77.5 Å². The summed E-state index contributed by atoms with van der Waals surface area (Å²) in [6.45, 7) is 1.73. The number of aliphatic hydroxyl groups is 1. The summed E-state index contributed by atoms with van der Waals surface area (Å²) >= 11 is 0. The Bertz CT molecular complexity index is 195. The van der Waals surface area contributed by atoms with E-state index in [4.69, 9.17) is 5.11 Å². The van der Waals surface area contributed by atoms with Gasteiger partial charge in [-0.2, -0.15) is 0 Å². The van der Waals surface area contributed by atoms with Crippen LogP contribution in [0.3, 0.4) is 0 Å². The zero-order valence-corrected chi connectivity index (χ0v) is 7.82. The van der Waals surface area contributed by atoms with Crippen molar-refractivity contribution in [1.29, 1.82) is 0 Å². The number of hydrogen-bond donors (Lipinski definition) is 1. The number of carbonyl (C=O) groups is 2. The Hall–Kier alpha value is -0.900. The molecule has 1 atom stereocenters. The molecule has 1 N–H and O–H groups in total. The first-order valence-corrected chi connectivity index (χ1v) is 4.66. The van der Waals surface area contributed by atoms with Crippen molar-refractivity contribution in [3.05, 3.63) is 0 Å². The second-order valence-electron chi connectivity index (χ2n) is 3.26. The highest BCUT2D eigenvalue weighted by Crippen LogP contribution is 2.16. The fourth-order valence-electron chi connectivity index (χ4n) is 1.57. The number of hydrogen-bond acceptors (Lipinski definition) is 3. The van der Waals surface area contributed by atoms with Gasteiger partial charge in [-0.1, -0.05) is 6.92 Å². The van der Waals surface area contributed by atoms with E-state index in [-0.39, 0.29) is 24.5 Å². The van der Waals surface area contributed by atoms with Crippen LogP contribution in [-0.4, -0.2) is 34.5 Å². The van der Waals surface area contributed by atoms with Crippen molar-refractivity contribution in [1.82, 2.24) is 4.90 Å². The highest BCUT2D eigenvalue weighted by Gasteiger charge is 2.30. The number of imide groups is 1. The zero-order chi connectivity index (χ0) is 9.84. The van der Waals surface area contributed by atoms with Crippen molar-refractivity contribution in [2.45, 2.75) is 38.6 Å². The zero-order valence-electron chi connectivity index (χ0n) is 7.82. The highest BCUT2D eigenvalue weighted by molar-refractivity contribution is 5.97. The number of aliphatic hydroxyl groups excluding tert-OH is 1. The van der Waals surface area contributed by atoms with Crippen molar-refractivity contribution in [3.8, 4) is 0 Å². The first kappa shape index (κ1) is 10.2. The molecule has 0 aromatic carbocycles.